The SMILES string of the molecule is CC(=O)OC[C@H](OC(C)=O)[C@@H](OC(C)=O)[C@H]1O[C@@H](OC(C)=O)[C@@H](OC(C)=O)[C@@H](OC(C)=O)[C@H]1OC(C)=O. The average molecular weight is 534 g/mol. The van der Waals surface area contributed by atoms with Gasteiger partial charge in [0.15, 0.2) is 24.4 Å². The van der Waals surface area contributed by atoms with Crippen molar-refractivity contribution in [3.05, 3.63) is 0 Å². The summed E-state index contributed by atoms with van der Waals surface area (Å²) >= 11 is 0. The molecule has 15 nitrogen and oxygen atoms in total. The lowest BCUT2D eigenvalue weighted by Gasteiger charge is -2.46. The van der Waals surface area contributed by atoms with Crippen LogP contribution in [0.2, 0.25) is 0 Å². The van der Waals surface area contributed by atoms with Gasteiger partial charge in [-0.15, -0.1) is 0 Å². The Balaban J connectivity index is 3.75. The lowest BCUT2D eigenvalue weighted by Crippen LogP contribution is -2.66. The molecule has 1 saturated heterocycles. The third-order valence-corrected chi connectivity index (χ3v) is 4.48. The van der Waals surface area contributed by atoms with Crippen LogP contribution in [0.3, 0.4) is 0 Å². The molecule has 7 atom stereocenters. The fourth-order valence-corrected chi connectivity index (χ4v) is 3.48. The van der Waals surface area contributed by atoms with Crippen LogP contribution in [0.15, 0.2) is 0 Å². The van der Waals surface area contributed by atoms with Crippen molar-refractivity contribution in [3.8, 4) is 0 Å². The third-order valence-electron chi connectivity index (χ3n) is 4.48. The molecule has 0 amide bonds. The maximum absolute atomic E-state index is 12.0. The van der Waals surface area contributed by atoms with Gasteiger partial charge in [0.1, 0.15) is 12.7 Å². The predicted octanol–water partition coefficient (Wildman–Crippen LogP) is -0.504. The summed E-state index contributed by atoms with van der Waals surface area (Å²) in [5, 5.41) is 0. The quantitative estimate of drug-likeness (QED) is 0.257. The fraction of sp³-hybridized carbons (Fsp3) is 0.682. The van der Waals surface area contributed by atoms with Crippen LogP contribution < -0.4 is 0 Å². The fourth-order valence-electron chi connectivity index (χ4n) is 3.48. The maximum atomic E-state index is 12.0. The van der Waals surface area contributed by atoms with Gasteiger partial charge in [0.25, 0.3) is 0 Å². The molecule has 0 unspecified atom stereocenters. The Kier molecular flexibility index (Phi) is 11.9. The van der Waals surface area contributed by atoms with Gasteiger partial charge in [-0.1, -0.05) is 0 Å². The van der Waals surface area contributed by atoms with Crippen molar-refractivity contribution in [2.24, 2.45) is 0 Å². The van der Waals surface area contributed by atoms with E-state index in [9.17, 15) is 33.6 Å². The van der Waals surface area contributed by atoms with Gasteiger partial charge in [-0.05, 0) is 0 Å². The molecule has 208 valence electrons. The predicted molar refractivity (Wildman–Crippen MR) is 115 cm³/mol. The van der Waals surface area contributed by atoms with Gasteiger partial charge >= 0.3 is 41.8 Å². The lowest BCUT2D eigenvalue weighted by molar-refractivity contribution is -0.314. The van der Waals surface area contributed by atoms with E-state index in [0.29, 0.717) is 0 Å². The standard InChI is InChI=1S/C22H30O15/c1-9(23)30-8-16(31-10(2)24)17(32-11(3)25)18-19(33-12(4)26)20(34-13(5)27)21(35-14(6)28)22(37-18)36-15(7)29/h16-22H,8H2,1-7H3/t16-,17+,18+,19-,20-,21-,22+/m0/s1. The Morgan fingerprint density at radius 2 is 1.03 bits per heavy atom. The summed E-state index contributed by atoms with van der Waals surface area (Å²) in [4.78, 5) is 82.8. The molecular weight excluding hydrogens is 504 g/mol. The highest BCUT2D eigenvalue weighted by atomic mass is 16.8. The van der Waals surface area contributed by atoms with Crippen LogP contribution in [-0.4, -0.2) is 91.3 Å². The molecule has 15 heteroatoms. The van der Waals surface area contributed by atoms with E-state index in [1.807, 2.05) is 0 Å². The van der Waals surface area contributed by atoms with E-state index in [1.54, 1.807) is 0 Å². The Morgan fingerprint density at radius 3 is 1.46 bits per heavy atom. The summed E-state index contributed by atoms with van der Waals surface area (Å²) in [5.74, 6) is -6.22. The van der Waals surface area contributed by atoms with Crippen molar-refractivity contribution in [2.75, 3.05) is 6.61 Å². The minimum absolute atomic E-state index is 0.636. The molecule has 1 aliphatic heterocycles. The van der Waals surface area contributed by atoms with E-state index in [-0.39, 0.29) is 0 Å². The van der Waals surface area contributed by atoms with Crippen LogP contribution in [0.4, 0.5) is 0 Å². The molecule has 0 aromatic carbocycles. The highest BCUT2D eigenvalue weighted by Crippen LogP contribution is 2.33. The minimum Gasteiger partial charge on any atom is -0.462 e. The number of hydrogen-bond acceptors (Lipinski definition) is 15. The van der Waals surface area contributed by atoms with E-state index >= 15 is 0 Å². The number of carbonyl (C=O) groups is 7. The highest BCUT2D eigenvalue weighted by Gasteiger charge is 2.57. The van der Waals surface area contributed by atoms with Crippen LogP contribution in [-0.2, 0) is 71.5 Å². The van der Waals surface area contributed by atoms with Crippen LogP contribution >= 0.6 is 0 Å². The van der Waals surface area contributed by atoms with Crippen molar-refractivity contribution >= 4 is 41.8 Å². The van der Waals surface area contributed by atoms with Crippen LogP contribution in [0.25, 0.3) is 0 Å². The molecule has 1 rings (SSSR count). The van der Waals surface area contributed by atoms with Crippen molar-refractivity contribution < 1.29 is 71.5 Å². The summed E-state index contributed by atoms with van der Waals surface area (Å²) in [5.41, 5.74) is 0. The first-order valence-electron chi connectivity index (χ1n) is 10.9. The van der Waals surface area contributed by atoms with Gasteiger partial charge in [-0.25, -0.2) is 0 Å². The first kappa shape index (κ1) is 31.3. The van der Waals surface area contributed by atoms with E-state index in [2.05, 4.69) is 0 Å². The first-order chi connectivity index (χ1) is 17.1. The maximum Gasteiger partial charge on any atom is 0.305 e. The number of carbonyl (C=O) groups excluding carboxylic acids is 7. The molecule has 0 radical (unpaired) electrons. The zero-order valence-electron chi connectivity index (χ0n) is 21.4. The van der Waals surface area contributed by atoms with E-state index < -0.39 is 91.3 Å². The van der Waals surface area contributed by atoms with Crippen molar-refractivity contribution in [1.82, 2.24) is 0 Å². The molecule has 37 heavy (non-hydrogen) atoms. The van der Waals surface area contributed by atoms with Gasteiger partial charge in [0, 0.05) is 48.5 Å². The van der Waals surface area contributed by atoms with Crippen molar-refractivity contribution in [3.63, 3.8) is 0 Å². The Morgan fingerprint density at radius 1 is 0.568 bits per heavy atom. The zero-order chi connectivity index (χ0) is 28.4. The molecule has 1 heterocycles. The van der Waals surface area contributed by atoms with Crippen molar-refractivity contribution in [1.29, 1.82) is 0 Å². The average Bonchev–Trinajstić information content (AvgIpc) is 2.71. The largest absolute Gasteiger partial charge is 0.462 e. The van der Waals surface area contributed by atoms with Gasteiger partial charge < -0.3 is 37.9 Å². The number of esters is 7. The molecule has 0 saturated carbocycles. The van der Waals surface area contributed by atoms with E-state index in [4.69, 9.17) is 37.9 Å². The summed E-state index contributed by atoms with van der Waals surface area (Å²) < 4.78 is 42.0. The summed E-state index contributed by atoms with van der Waals surface area (Å²) in [6.45, 7) is 6.50. The number of hydrogen-bond donors (Lipinski definition) is 0. The topological polar surface area (TPSA) is 193 Å². The Bertz CT molecular complexity index is 879. The monoisotopic (exact) mass is 534 g/mol. The molecule has 0 aliphatic carbocycles. The highest BCUT2D eigenvalue weighted by molar-refractivity contribution is 5.70. The second kappa shape index (κ2) is 14.1. The Hall–Kier alpha value is -3.75. The summed E-state index contributed by atoms with van der Waals surface area (Å²) in [7, 11) is 0. The van der Waals surface area contributed by atoms with E-state index in [1.165, 1.54) is 0 Å². The Labute approximate surface area is 211 Å². The van der Waals surface area contributed by atoms with Crippen LogP contribution in [0, 0.1) is 0 Å². The first-order valence-corrected chi connectivity index (χ1v) is 10.9. The smallest absolute Gasteiger partial charge is 0.305 e. The molecule has 0 aromatic heterocycles. The number of rotatable bonds is 10. The lowest BCUT2D eigenvalue weighted by atomic mass is 9.92. The molecule has 0 aromatic rings. The molecule has 0 bridgehead atoms. The molecule has 1 aliphatic rings. The summed E-state index contributed by atoms with van der Waals surface area (Å²) in [6, 6.07) is 0. The van der Waals surface area contributed by atoms with Gasteiger partial charge in [-0.3, -0.25) is 33.6 Å². The van der Waals surface area contributed by atoms with Crippen LogP contribution in [0.1, 0.15) is 48.5 Å². The second-order valence-electron chi connectivity index (χ2n) is 7.83. The number of ether oxygens (including phenoxy) is 8. The molecule has 0 N–H and O–H groups in total. The molecular formula is C22H30O15. The van der Waals surface area contributed by atoms with Crippen molar-refractivity contribution in [2.45, 2.75) is 91.4 Å². The van der Waals surface area contributed by atoms with Crippen LogP contribution in [0.5, 0.6) is 0 Å². The van der Waals surface area contributed by atoms with Gasteiger partial charge in [0.05, 0.1) is 0 Å². The van der Waals surface area contributed by atoms with E-state index in [0.717, 1.165) is 48.5 Å². The summed E-state index contributed by atoms with van der Waals surface area (Å²) in [6.07, 6.45) is -11.6. The second-order valence-corrected chi connectivity index (χ2v) is 7.83. The normalized spacial score (nSPS) is 24.4. The minimum atomic E-state index is -1.77. The van der Waals surface area contributed by atoms with Gasteiger partial charge in [-0.2, -0.15) is 0 Å². The molecule has 1 fully saturated rings. The zero-order valence-corrected chi connectivity index (χ0v) is 21.4. The third kappa shape index (κ3) is 10.4. The molecule has 0 spiro atoms. The van der Waals surface area contributed by atoms with Gasteiger partial charge in [0.2, 0.25) is 12.4 Å².